The highest BCUT2D eigenvalue weighted by atomic mass is 14.9. The second-order valence-electron chi connectivity index (χ2n) is 10.3. The van der Waals surface area contributed by atoms with Crippen LogP contribution in [0, 0.1) is 20.8 Å². The second-order valence-corrected chi connectivity index (χ2v) is 10.3. The molecule has 1 heteroatoms. The van der Waals surface area contributed by atoms with Gasteiger partial charge in [0, 0.05) is 17.3 Å². The molecule has 0 radical (unpaired) electrons. The van der Waals surface area contributed by atoms with Gasteiger partial charge in [-0.05, 0) is 95.4 Å². The number of hydrogen-bond donors (Lipinski definition) is 1. The molecule has 2 atom stereocenters. The molecule has 44 heavy (non-hydrogen) atoms. The number of hydrogen-bond acceptors (Lipinski definition) is 1. The third-order valence-electron chi connectivity index (χ3n) is 6.85. The number of rotatable bonds is 11. The van der Waals surface area contributed by atoms with Gasteiger partial charge in [0.15, 0.2) is 0 Å². The van der Waals surface area contributed by atoms with Crippen molar-refractivity contribution in [2.75, 3.05) is 0 Å². The molecule has 2 unspecified atom stereocenters. The van der Waals surface area contributed by atoms with Crippen LogP contribution >= 0.6 is 0 Å². The molecule has 248 valence electrons. The van der Waals surface area contributed by atoms with Crippen LogP contribution in [0.2, 0.25) is 0 Å². The average Bonchev–Trinajstić information content (AvgIpc) is 3.04. The summed E-state index contributed by atoms with van der Waals surface area (Å²) in [4.78, 5) is 0. The summed E-state index contributed by atoms with van der Waals surface area (Å²) in [6.45, 7) is 47.9. The Labute approximate surface area is 276 Å². The smallest absolute Gasteiger partial charge is 0.0465 e. The van der Waals surface area contributed by atoms with Crippen LogP contribution in [0.25, 0.3) is 5.70 Å². The predicted octanol–water partition coefficient (Wildman–Crippen LogP) is 13.8. The van der Waals surface area contributed by atoms with Gasteiger partial charge in [-0.3, -0.25) is 0 Å². The molecule has 0 aliphatic rings. The van der Waals surface area contributed by atoms with Crippen LogP contribution in [0.3, 0.4) is 0 Å². The highest BCUT2D eigenvalue weighted by molar-refractivity contribution is 5.68. The number of nitrogens with one attached hydrogen (secondary N) is 1. The zero-order valence-electron chi connectivity index (χ0n) is 31.4. The maximum atomic E-state index is 4.32. The highest BCUT2D eigenvalue weighted by Gasteiger charge is 2.14. The normalized spacial score (nSPS) is 11.2. The minimum atomic E-state index is 0.279. The van der Waals surface area contributed by atoms with Gasteiger partial charge in [-0.1, -0.05) is 133 Å². The molecule has 2 aromatic rings. The zero-order chi connectivity index (χ0) is 35.3. The number of allylic oxidation sites excluding steroid dienone is 4. The van der Waals surface area contributed by atoms with Gasteiger partial charge in [-0.15, -0.1) is 26.3 Å². The lowest BCUT2D eigenvalue weighted by atomic mass is 9.90. The molecular formula is C43H71N. The van der Waals surface area contributed by atoms with E-state index in [9.17, 15) is 0 Å². The first kappa shape index (κ1) is 47.6. The fourth-order valence-electron chi connectivity index (χ4n) is 4.43. The first-order chi connectivity index (χ1) is 21.0. The predicted molar refractivity (Wildman–Crippen MR) is 209 cm³/mol. The van der Waals surface area contributed by atoms with Crippen molar-refractivity contribution in [2.45, 2.75) is 128 Å². The molecule has 2 aromatic carbocycles. The standard InChI is InChI=1S/C27H37N.C8H14.2C2H6.2C2H4/c1-9-26(18(2)3)28-23(8)27-21(6)16-24(17-22(27)7)14-13-20(5)25-12-10-11-19(4)15-25;1-4-6-7-8(3)5-2;4*1-2/h10-12,15-17,20,26,28H,2,8-9,13-14H2,1,3-7H3;4,6-7H,5H2,1-3H3;2*1-2H3;2*1-2H2/b;6-4-,8-7-;;;;. The monoisotopic (exact) mass is 602 g/mol. The molecule has 0 heterocycles. The Hall–Kier alpha value is -3.32. The molecule has 0 aliphatic carbocycles. The van der Waals surface area contributed by atoms with E-state index < -0.39 is 0 Å². The molecule has 0 spiro atoms. The van der Waals surface area contributed by atoms with E-state index in [1.165, 1.54) is 39.0 Å². The Balaban J connectivity index is -0.000000420. The molecule has 1 N–H and O–H groups in total. The SMILES string of the molecule is C/C=C\C=C(\C)CC.C=C.C=C.C=C(NC(CC)C(=C)C)c1c(C)cc(CCC(C)c2cccc(C)c2)cc1C.CC.CC. The average molecular weight is 602 g/mol. The molecule has 1 nitrogen and oxygen atoms in total. The lowest BCUT2D eigenvalue weighted by Crippen LogP contribution is -2.28. The largest absolute Gasteiger partial charge is 0.379 e. The first-order valence-electron chi connectivity index (χ1n) is 16.6. The molecule has 0 aromatic heterocycles. The molecule has 0 fully saturated rings. The van der Waals surface area contributed by atoms with E-state index in [1.54, 1.807) is 0 Å². The van der Waals surface area contributed by atoms with Gasteiger partial charge in [0.25, 0.3) is 0 Å². The molecule has 0 saturated carbocycles. The van der Waals surface area contributed by atoms with Crippen LogP contribution in [0.5, 0.6) is 0 Å². The van der Waals surface area contributed by atoms with Gasteiger partial charge in [-0.25, -0.2) is 0 Å². The van der Waals surface area contributed by atoms with Crippen molar-refractivity contribution in [3.8, 4) is 0 Å². The summed E-state index contributed by atoms with van der Waals surface area (Å²) >= 11 is 0. The zero-order valence-corrected chi connectivity index (χ0v) is 31.4. The highest BCUT2D eigenvalue weighted by Crippen LogP contribution is 2.27. The van der Waals surface area contributed by atoms with Gasteiger partial charge in [0.2, 0.25) is 0 Å². The van der Waals surface area contributed by atoms with Crippen LogP contribution in [0.15, 0.2) is 105 Å². The Morgan fingerprint density at radius 2 is 1.39 bits per heavy atom. The molecule has 0 amide bonds. The Kier molecular flexibility index (Phi) is 33.7. The van der Waals surface area contributed by atoms with E-state index in [2.05, 4.69) is 149 Å². The summed E-state index contributed by atoms with van der Waals surface area (Å²) in [7, 11) is 0. The van der Waals surface area contributed by atoms with Gasteiger partial charge in [-0.2, -0.15) is 0 Å². The summed E-state index contributed by atoms with van der Waals surface area (Å²) in [5, 5.41) is 3.57. The van der Waals surface area contributed by atoms with Crippen molar-refractivity contribution in [1.82, 2.24) is 5.32 Å². The topological polar surface area (TPSA) is 12.0 Å². The van der Waals surface area contributed by atoms with Crippen molar-refractivity contribution in [2.24, 2.45) is 0 Å². The van der Waals surface area contributed by atoms with E-state index in [-0.39, 0.29) is 6.04 Å². The van der Waals surface area contributed by atoms with Crippen LogP contribution in [0.4, 0.5) is 0 Å². The lowest BCUT2D eigenvalue weighted by Gasteiger charge is -2.23. The minimum Gasteiger partial charge on any atom is -0.379 e. The summed E-state index contributed by atoms with van der Waals surface area (Å²) in [5.74, 6) is 0.567. The third-order valence-corrected chi connectivity index (χ3v) is 6.85. The van der Waals surface area contributed by atoms with E-state index in [0.717, 1.165) is 37.0 Å². The first-order valence-corrected chi connectivity index (χ1v) is 16.6. The van der Waals surface area contributed by atoms with Crippen molar-refractivity contribution in [3.05, 3.63) is 139 Å². The molecule has 0 aliphatic heterocycles. The van der Waals surface area contributed by atoms with Gasteiger partial charge >= 0.3 is 0 Å². The second kappa shape index (κ2) is 31.1. The Morgan fingerprint density at radius 1 is 0.864 bits per heavy atom. The van der Waals surface area contributed by atoms with E-state index in [4.69, 9.17) is 0 Å². The summed E-state index contributed by atoms with van der Waals surface area (Å²) in [6.07, 6.45) is 10.7. The fraction of sp³-hybridized carbons (Fsp3) is 0.442. The van der Waals surface area contributed by atoms with Gasteiger partial charge in [0.1, 0.15) is 0 Å². The van der Waals surface area contributed by atoms with Gasteiger partial charge in [0.05, 0.1) is 0 Å². The summed E-state index contributed by atoms with van der Waals surface area (Å²) < 4.78 is 0. The fourth-order valence-corrected chi connectivity index (χ4v) is 4.43. The van der Waals surface area contributed by atoms with E-state index in [0.29, 0.717) is 5.92 Å². The van der Waals surface area contributed by atoms with Crippen LogP contribution in [-0.4, -0.2) is 6.04 Å². The van der Waals surface area contributed by atoms with Crippen molar-refractivity contribution < 1.29 is 0 Å². The van der Waals surface area contributed by atoms with Crippen molar-refractivity contribution in [1.29, 1.82) is 0 Å². The molecule has 2 rings (SSSR count). The molecule has 0 saturated heterocycles. The lowest BCUT2D eigenvalue weighted by molar-refractivity contribution is 0.656. The Morgan fingerprint density at radius 3 is 1.80 bits per heavy atom. The maximum Gasteiger partial charge on any atom is 0.0465 e. The van der Waals surface area contributed by atoms with Crippen LogP contribution < -0.4 is 5.32 Å². The third kappa shape index (κ3) is 20.6. The molecular weight excluding hydrogens is 530 g/mol. The van der Waals surface area contributed by atoms with E-state index in [1.807, 2.05) is 40.7 Å². The van der Waals surface area contributed by atoms with E-state index >= 15 is 0 Å². The number of aryl methyl sites for hydroxylation is 4. The quantitative estimate of drug-likeness (QED) is 0.199. The molecule has 0 bridgehead atoms. The Bertz CT molecular complexity index is 1060. The summed E-state index contributed by atoms with van der Waals surface area (Å²) in [5.41, 5.74) is 11.6. The van der Waals surface area contributed by atoms with Gasteiger partial charge < -0.3 is 5.32 Å². The number of benzene rings is 2. The summed E-state index contributed by atoms with van der Waals surface area (Å²) in [6, 6.07) is 13.8. The van der Waals surface area contributed by atoms with Crippen LogP contribution in [0.1, 0.15) is 128 Å². The minimum absolute atomic E-state index is 0.279. The maximum absolute atomic E-state index is 4.32. The van der Waals surface area contributed by atoms with Crippen LogP contribution in [-0.2, 0) is 6.42 Å². The van der Waals surface area contributed by atoms with Crippen molar-refractivity contribution in [3.63, 3.8) is 0 Å². The van der Waals surface area contributed by atoms with Crippen molar-refractivity contribution >= 4 is 5.70 Å².